The van der Waals surface area contributed by atoms with E-state index in [1.807, 2.05) is 0 Å². The lowest BCUT2D eigenvalue weighted by Gasteiger charge is -2.14. The van der Waals surface area contributed by atoms with Crippen molar-refractivity contribution in [2.24, 2.45) is 0 Å². The molecule has 0 spiro atoms. The van der Waals surface area contributed by atoms with Crippen LogP contribution in [0.4, 0.5) is 15.8 Å². The molecule has 0 saturated carbocycles. The second-order valence-electron chi connectivity index (χ2n) is 5.73. The number of rotatable bonds is 6. The van der Waals surface area contributed by atoms with E-state index >= 15 is 0 Å². The Morgan fingerprint density at radius 2 is 1.86 bits per heavy atom. The molecule has 0 aliphatic carbocycles. The monoisotopic (exact) mass is 410 g/mol. The summed E-state index contributed by atoms with van der Waals surface area (Å²) in [5, 5.41) is 13.0. The maximum Gasteiger partial charge on any atom is 0.340 e. The first-order valence-corrected chi connectivity index (χ1v) is 9.64. The van der Waals surface area contributed by atoms with Gasteiger partial charge in [-0.2, -0.15) is 4.39 Å². The summed E-state index contributed by atoms with van der Waals surface area (Å²) in [6, 6.07) is 8.08. The molecule has 0 unspecified atom stereocenters. The van der Waals surface area contributed by atoms with E-state index in [0.717, 1.165) is 24.5 Å². The molecule has 0 aliphatic heterocycles. The average Bonchev–Trinajstić information content (AvgIpc) is 2.62. The first-order chi connectivity index (χ1) is 13.0. The van der Waals surface area contributed by atoms with Crippen LogP contribution in [0.1, 0.15) is 17.3 Å². The first-order valence-electron chi connectivity index (χ1n) is 7.75. The predicted molar refractivity (Wildman–Crippen MR) is 96.1 cm³/mol. The van der Waals surface area contributed by atoms with E-state index in [1.54, 1.807) is 0 Å². The molecule has 0 fully saturated rings. The van der Waals surface area contributed by atoms with Gasteiger partial charge in [-0.15, -0.1) is 0 Å². The lowest BCUT2D eigenvalue weighted by atomic mass is 10.2. The van der Waals surface area contributed by atoms with Gasteiger partial charge in [0.25, 0.3) is 5.91 Å². The van der Waals surface area contributed by atoms with Gasteiger partial charge in [-0.05, 0) is 31.2 Å². The summed E-state index contributed by atoms with van der Waals surface area (Å²) in [5.74, 6) is -2.94. The number of halogens is 1. The zero-order valence-corrected chi connectivity index (χ0v) is 15.5. The van der Waals surface area contributed by atoms with Crippen molar-refractivity contribution in [3.05, 3.63) is 64.0 Å². The molecular weight excluding hydrogens is 395 g/mol. The molecule has 11 heteroatoms. The van der Waals surface area contributed by atoms with Gasteiger partial charge in [-0.1, -0.05) is 12.1 Å². The summed E-state index contributed by atoms with van der Waals surface area (Å²) in [7, 11) is -3.70. The number of ether oxygens (including phenoxy) is 1. The number of carbonyl (C=O) groups excluding carboxylic acids is 2. The number of hydrogen-bond donors (Lipinski definition) is 1. The number of nitro groups is 1. The molecule has 2 rings (SSSR count). The highest BCUT2D eigenvalue weighted by atomic mass is 32.2. The Hall–Kier alpha value is -3.34. The zero-order valence-electron chi connectivity index (χ0n) is 14.7. The van der Waals surface area contributed by atoms with Crippen LogP contribution in [-0.4, -0.2) is 37.6 Å². The number of carbonyl (C=O) groups is 2. The fourth-order valence-electron chi connectivity index (χ4n) is 2.21. The Kier molecular flexibility index (Phi) is 6.09. The van der Waals surface area contributed by atoms with Gasteiger partial charge in [0.05, 0.1) is 15.4 Å². The Labute approximate surface area is 159 Å². The maximum absolute atomic E-state index is 13.3. The number of esters is 1. The molecule has 2 aromatic rings. The number of anilines is 1. The molecule has 0 saturated heterocycles. The van der Waals surface area contributed by atoms with E-state index < -0.39 is 44.2 Å². The van der Waals surface area contributed by atoms with Crippen molar-refractivity contribution in [1.82, 2.24) is 0 Å². The van der Waals surface area contributed by atoms with Gasteiger partial charge in [-0.25, -0.2) is 13.2 Å². The number of hydrogen-bond acceptors (Lipinski definition) is 7. The Morgan fingerprint density at radius 1 is 1.21 bits per heavy atom. The van der Waals surface area contributed by atoms with E-state index in [4.69, 9.17) is 4.74 Å². The highest BCUT2D eigenvalue weighted by Gasteiger charge is 2.24. The summed E-state index contributed by atoms with van der Waals surface area (Å²) < 4.78 is 41.8. The fraction of sp³-hybridized carbons (Fsp3) is 0.176. The van der Waals surface area contributed by atoms with Crippen LogP contribution in [-0.2, 0) is 19.4 Å². The third kappa shape index (κ3) is 4.88. The molecule has 2 aromatic carbocycles. The summed E-state index contributed by atoms with van der Waals surface area (Å²) in [5.41, 5.74) is -1.14. The van der Waals surface area contributed by atoms with Gasteiger partial charge in [-0.3, -0.25) is 14.9 Å². The smallest absolute Gasteiger partial charge is 0.340 e. The predicted octanol–water partition coefficient (Wildman–Crippen LogP) is 2.32. The highest BCUT2D eigenvalue weighted by Crippen LogP contribution is 2.22. The Balaban J connectivity index is 2.15. The lowest BCUT2D eigenvalue weighted by molar-refractivity contribution is -0.387. The molecule has 28 heavy (non-hydrogen) atoms. The van der Waals surface area contributed by atoms with Crippen molar-refractivity contribution < 1.29 is 32.1 Å². The van der Waals surface area contributed by atoms with Crippen LogP contribution in [0, 0.1) is 15.9 Å². The minimum Gasteiger partial charge on any atom is -0.449 e. The standard InChI is InChI=1S/C17H15FN2O7S/c1-10(16(21)19-11-7-8-13(18)14(9-11)20(23)24)27-17(22)12-5-3-4-6-15(12)28(2,25)26/h3-10H,1-2H3,(H,19,21)/t10-/m0/s1. The van der Waals surface area contributed by atoms with Gasteiger partial charge in [0.15, 0.2) is 15.9 Å². The van der Waals surface area contributed by atoms with Crippen LogP contribution in [0.3, 0.4) is 0 Å². The molecule has 9 nitrogen and oxygen atoms in total. The van der Waals surface area contributed by atoms with Gasteiger partial charge in [0.1, 0.15) is 0 Å². The second-order valence-corrected chi connectivity index (χ2v) is 7.71. The number of benzene rings is 2. The number of nitrogens with zero attached hydrogens (tertiary/aromatic N) is 1. The van der Waals surface area contributed by atoms with E-state index in [-0.39, 0.29) is 16.1 Å². The molecule has 1 atom stereocenters. The van der Waals surface area contributed by atoms with Crippen LogP contribution in [0.2, 0.25) is 0 Å². The largest absolute Gasteiger partial charge is 0.449 e. The Bertz CT molecular complexity index is 1050. The van der Waals surface area contributed by atoms with Crippen molar-refractivity contribution in [1.29, 1.82) is 0 Å². The SMILES string of the molecule is C[C@H](OC(=O)c1ccccc1S(C)(=O)=O)C(=O)Nc1ccc(F)c([N+](=O)[O-])c1. The van der Waals surface area contributed by atoms with Crippen LogP contribution in [0.25, 0.3) is 0 Å². The van der Waals surface area contributed by atoms with E-state index in [2.05, 4.69) is 5.32 Å². The maximum atomic E-state index is 13.3. The lowest BCUT2D eigenvalue weighted by Crippen LogP contribution is -2.30. The summed E-state index contributed by atoms with van der Waals surface area (Å²) in [6.45, 7) is 1.23. The average molecular weight is 410 g/mol. The minimum absolute atomic E-state index is 0.0717. The van der Waals surface area contributed by atoms with E-state index in [9.17, 15) is 32.5 Å². The number of nitrogens with one attached hydrogen (secondary N) is 1. The van der Waals surface area contributed by atoms with Crippen LogP contribution < -0.4 is 5.32 Å². The van der Waals surface area contributed by atoms with Crippen LogP contribution in [0.5, 0.6) is 0 Å². The van der Waals surface area contributed by atoms with Gasteiger partial charge in [0.2, 0.25) is 5.82 Å². The first kappa shape index (κ1) is 21.0. The molecule has 0 bridgehead atoms. The minimum atomic E-state index is -3.70. The van der Waals surface area contributed by atoms with Crippen molar-refractivity contribution in [3.63, 3.8) is 0 Å². The van der Waals surface area contributed by atoms with Crippen molar-refractivity contribution in [3.8, 4) is 0 Å². The number of nitro benzene ring substituents is 1. The number of amides is 1. The van der Waals surface area contributed by atoms with E-state index in [0.29, 0.717) is 0 Å². The topological polar surface area (TPSA) is 133 Å². The molecule has 1 amide bonds. The molecule has 0 aliphatic rings. The Morgan fingerprint density at radius 3 is 2.46 bits per heavy atom. The third-order valence-corrected chi connectivity index (χ3v) is 4.72. The molecule has 1 N–H and O–H groups in total. The highest BCUT2D eigenvalue weighted by molar-refractivity contribution is 7.90. The molecule has 0 aromatic heterocycles. The van der Waals surface area contributed by atoms with Crippen molar-refractivity contribution in [2.45, 2.75) is 17.9 Å². The van der Waals surface area contributed by atoms with Gasteiger partial charge >= 0.3 is 11.7 Å². The van der Waals surface area contributed by atoms with Crippen LogP contribution >= 0.6 is 0 Å². The summed E-state index contributed by atoms with van der Waals surface area (Å²) in [6.07, 6.45) is -0.430. The van der Waals surface area contributed by atoms with Gasteiger partial charge < -0.3 is 10.1 Å². The fourth-order valence-corrected chi connectivity index (χ4v) is 3.09. The number of sulfone groups is 1. The normalized spacial score (nSPS) is 12.1. The van der Waals surface area contributed by atoms with Crippen molar-refractivity contribution >= 4 is 33.1 Å². The second kappa shape index (κ2) is 8.13. The van der Waals surface area contributed by atoms with E-state index in [1.165, 1.54) is 31.2 Å². The van der Waals surface area contributed by atoms with Crippen LogP contribution in [0.15, 0.2) is 47.4 Å². The zero-order chi connectivity index (χ0) is 21.1. The van der Waals surface area contributed by atoms with Crippen molar-refractivity contribution in [2.75, 3.05) is 11.6 Å². The molecule has 0 heterocycles. The summed E-state index contributed by atoms with van der Waals surface area (Å²) in [4.78, 5) is 34.0. The molecule has 0 radical (unpaired) electrons. The molecular formula is C17H15FN2O7S. The quantitative estimate of drug-likeness (QED) is 0.439. The molecule has 148 valence electrons. The summed E-state index contributed by atoms with van der Waals surface area (Å²) >= 11 is 0. The van der Waals surface area contributed by atoms with Gasteiger partial charge in [0, 0.05) is 18.0 Å². The third-order valence-electron chi connectivity index (χ3n) is 3.57.